The monoisotopic (exact) mass is 1070 g/mol. The Morgan fingerprint density at radius 3 is 1.23 bits per heavy atom. The molecule has 2 fully saturated rings. The summed E-state index contributed by atoms with van der Waals surface area (Å²) in [7, 11) is 0. The minimum atomic E-state index is -1.02. The van der Waals surface area contributed by atoms with Gasteiger partial charge >= 0.3 is 17.9 Å². The summed E-state index contributed by atoms with van der Waals surface area (Å²) in [5, 5.41) is 62.5. The fourth-order valence-electron chi connectivity index (χ4n) is 6.95. The quantitative estimate of drug-likeness (QED) is 0.108. The fraction of sp³-hybridized carbons (Fsp3) is 0.283. The van der Waals surface area contributed by atoms with Gasteiger partial charge in [-0.1, -0.05) is 47.4 Å². The summed E-state index contributed by atoms with van der Waals surface area (Å²) >= 11 is 3.70. The number of rotatable bonds is 17. The maximum atomic E-state index is 12.9. The lowest BCUT2D eigenvalue weighted by atomic mass is 10.1. The number of nitrogens with zero attached hydrogens (tertiary/aromatic N) is 14. The molecule has 9 rings (SSSR count). The average molecular weight is 1070 g/mol. The van der Waals surface area contributed by atoms with Crippen molar-refractivity contribution in [1.82, 2.24) is 70.4 Å². The lowest BCUT2D eigenvalue weighted by Crippen LogP contribution is -2.41. The van der Waals surface area contributed by atoms with Crippen molar-refractivity contribution in [3.05, 3.63) is 125 Å². The molecule has 5 heterocycles. The predicted molar refractivity (Wildman–Crippen MR) is 263 cm³/mol. The smallest absolute Gasteiger partial charge is 0.335 e. The molecular formula is C46H45FN14O10S3. The van der Waals surface area contributed by atoms with Gasteiger partial charge in [0.25, 0.3) is 0 Å². The number of benzene rings is 4. The van der Waals surface area contributed by atoms with Gasteiger partial charge in [0.05, 0.1) is 64.2 Å². The molecule has 28 heteroatoms. The number of hydrogen-bond acceptors (Lipinski definition) is 19. The molecule has 4 aromatic carbocycles. The van der Waals surface area contributed by atoms with E-state index in [9.17, 15) is 33.2 Å². The molecule has 2 aliphatic heterocycles. The number of carbonyl (C=O) groups is 6. The van der Waals surface area contributed by atoms with Gasteiger partial charge in [-0.15, -0.1) is 15.3 Å². The third-order valence-corrected chi connectivity index (χ3v) is 13.6. The standard InChI is InChI=1S/C17H13FN4O3S.C15H17N5O3S.C14H15N5O4S/c18-13-5-1-11(2-6-13)9-15(23)10-26-17-19-20-21-22(17)14-7-3-12(4-8-14)16(24)25;21-13(19-8-2-1-3-9-19)10-24-15-16-17-18-20(15)12-6-4-11(5-7-12)14(22)23;20-12(18-5-7-23-8-6-18)9-24-14-15-16-17-19(14)11-3-1-10(2-4-11)13(21)22/h1-8H,9-10H2,(H,24,25);4-7H,1-3,8-10H2,(H,22,23);1-4H,5-9H2,(H,21,22). The van der Waals surface area contributed by atoms with Crippen molar-refractivity contribution in [1.29, 1.82) is 0 Å². The van der Waals surface area contributed by atoms with Crippen LogP contribution >= 0.6 is 35.3 Å². The van der Waals surface area contributed by atoms with Crippen LogP contribution in [0.5, 0.6) is 0 Å². The van der Waals surface area contributed by atoms with Gasteiger partial charge < -0.3 is 29.9 Å². The van der Waals surface area contributed by atoms with Gasteiger partial charge in [0.15, 0.2) is 0 Å². The Morgan fingerprint density at radius 2 is 0.851 bits per heavy atom. The lowest BCUT2D eigenvalue weighted by molar-refractivity contribution is -0.132. The van der Waals surface area contributed by atoms with Gasteiger partial charge in [-0.3, -0.25) is 14.4 Å². The molecule has 0 radical (unpaired) electrons. The van der Waals surface area contributed by atoms with E-state index >= 15 is 0 Å². The van der Waals surface area contributed by atoms with Crippen LogP contribution in [0.25, 0.3) is 17.1 Å². The molecule has 3 aromatic heterocycles. The number of morpholine rings is 1. The number of aromatic carboxylic acids is 3. The van der Waals surface area contributed by atoms with Gasteiger partial charge in [0.1, 0.15) is 11.6 Å². The van der Waals surface area contributed by atoms with Crippen LogP contribution in [0, 0.1) is 5.82 Å². The van der Waals surface area contributed by atoms with E-state index in [-0.39, 0.29) is 63.8 Å². The molecule has 24 nitrogen and oxygen atoms in total. The number of piperidine rings is 1. The van der Waals surface area contributed by atoms with E-state index in [2.05, 4.69) is 46.6 Å². The summed E-state index contributed by atoms with van der Waals surface area (Å²) < 4.78 is 22.5. The second-order valence-electron chi connectivity index (χ2n) is 15.8. The Hall–Kier alpha value is -7.95. The number of thioether (sulfide) groups is 3. The van der Waals surface area contributed by atoms with Gasteiger partial charge in [-0.05, 0) is 141 Å². The van der Waals surface area contributed by atoms with Gasteiger partial charge in [-0.25, -0.2) is 18.8 Å². The van der Waals surface area contributed by atoms with Crippen LogP contribution in [0.1, 0.15) is 55.9 Å². The second kappa shape index (κ2) is 26.7. The molecule has 0 atom stereocenters. The van der Waals surface area contributed by atoms with E-state index in [0.717, 1.165) is 31.5 Å². The highest BCUT2D eigenvalue weighted by Gasteiger charge is 2.21. The van der Waals surface area contributed by atoms with Crippen LogP contribution in [0.3, 0.4) is 0 Å². The number of ether oxygens (including phenoxy) is 1. The highest BCUT2D eigenvalue weighted by Crippen LogP contribution is 2.23. The van der Waals surface area contributed by atoms with Crippen molar-refractivity contribution in [2.45, 2.75) is 41.2 Å². The Morgan fingerprint density at radius 1 is 0.486 bits per heavy atom. The molecule has 0 spiro atoms. The van der Waals surface area contributed by atoms with Crippen LogP contribution in [0.4, 0.5) is 4.39 Å². The first-order valence-electron chi connectivity index (χ1n) is 22.5. The number of carboxylic acids is 3. The van der Waals surface area contributed by atoms with E-state index in [1.165, 1.54) is 104 Å². The molecule has 2 amide bonds. The highest BCUT2D eigenvalue weighted by atomic mass is 32.2. The number of likely N-dealkylation sites (tertiary alicyclic amines) is 1. The molecule has 384 valence electrons. The lowest BCUT2D eigenvalue weighted by Gasteiger charge is -2.26. The Labute approximate surface area is 432 Å². The third kappa shape index (κ3) is 15.3. The minimum Gasteiger partial charge on any atom is -0.478 e. The third-order valence-electron chi connectivity index (χ3n) is 10.8. The van der Waals surface area contributed by atoms with Gasteiger partial charge in [-0.2, -0.15) is 14.0 Å². The highest BCUT2D eigenvalue weighted by molar-refractivity contribution is 8.00. The fourth-order valence-corrected chi connectivity index (χ4v) is 9.28. The van der Waals surface area contributed by atoms with Crippen molar-refractivity contribution in [3.63, 3.8) is 0 Å². The van der Waals surface area contributed by atoms with E-state index in [1.54, 1.807) is 53.4 Å². The first-order chi connectivity index (χ1) is 35.8. The average Bonchev–Trinajstić information content (AvgIpc) is 4.23. The maximum Gasteiger partial charge on any atom is 0.335 e. The number of carbonyl (C=O) groups excluding carboxylic acids is 3. The molecule has 0 unspecified atom stereocenters. The molecule has 0 saturated carbocycles. The molecule has 2 saturated heterocycles. The van der Waals surface area contributed by atoms with Crippen molar-refractivity contribution in [2.24, 2.45) is 0 Å². The summed E-state index contributed by atoms with van der Waals surface area (Å²) in [5.41, 5.74) is 3.15. The van der Waals surface area contributed by atoms with Crippen LogP contribution in [0.15, 0.2) is 113 Å². The van der Waals surface area contributed by atoms with Crippen LogP contribution < -0.4 is 0 Å². The second-order valence-corrected chi connectivity index (χ2v) is 18.6. The number of amides is 2. The molecule has 3 N–H and O–H groups in total. The van der Waals surface area contributed by atoms with Crippen molar-refractivity contribution in [3.8, 4) is 17.1 Å². The number of aromatic nitrogens is 12. The van der Waals surface area contributed by atoms with Gasteiger partial charge in [0.2, 0.25) is 27.3 Å². The summed E-state index contributed by atoms with van der Waals surface area (Å²) in [5.74, 6) is -2.61. The SMILES string of the molecule is O=C(CSc1nnnn1-c1ccc(C(=O)O)cc1)Cc1ccc(F)cc1.O=C(O)c1ccc(-n2nnnc2SCC(=O)N2CCCCC2)cc1.O=C(O)c1ccc(-n2nnnc2SCC(=O)N2CCOCC2)cc1. The Kier molecular flexibility index (Phi) is 19.4. The molecule has 0 bridgehead atoms. The summed E-state index contributed by atoms with van der Waals surface area (Å²) in [6.07, 6.45) is 3.50. The Bertz CT molecular complexity index is 2900. The molecule has 2 aliphatic rings. The maximum absolute atomic E-state index is 12.9. The number of Topliss-reactive ketones (excluding diaryl/α,β-unsaturated/α-hetero) is 1. The van der Waals surface area contributed by atoms with E-state index in [0.29, 0.717) is 58.8 Å². The summed E-state index contributed by atoms with van der Waals surface area (Å²) in [6, 6.07) is 24.3. The van der Waals surface area contributed by atoms with E-state index in [1.807, 2.05) is 4.90 Å². The van der Waals surface area contributed by atoms with Gasteiger partial charge in [0, 0.05) is 32.6 Å². The van der Waals surface area contributed by atoms with Crippen LogP contribution in [-0.2, 0) is 25.5 Å². The zero-order chi connectivity index (χ0) is 52.4. The van der Waals surface area contributed by atoms with E-state index < -0.39 is 17.9 Å². The predicted octanol–water partition coefficient (Wildman–Crippen LogP) is 4.18. The first-order valence-corrected chi connectivity index (χ1v) is 25.4. The normalized spacial score (nSPS) is 13.2. The summed E-state index contributed by atoms with van der Waals surface area (Å²) in [4.78, 5) is 72.8. The molecular weight excluding hydrogens is 1020 g/mol. The minimum absolute atomic E-state index is 0.0130. The number of ketones is 1. The van der Waals surface area contributed by atoms with Crippen LogP contribution in [0.2, 0.25) is 0 Å². The number of hydrogen-bond donors (Lipinski definition) is 3. The van der Waals surface area contributed by atoms with Crippen molar-refractivity contribution < 1.29 is 53.2 Å². The molecule has 7 aromatic rings. The van der Waals surface area contributed by atoms with Crippen molar-refractivity contribution >= 4 is 70.8 Å². The number of halogens is 1. The first kappa shape index (κ1) is 53.8. The van der Waals surface area contributed by atoms with E-state index in [4.69, 9.17) is 20.1 Å². The molecule has 0 aliphatic carbocycles. The van der Waals surface area contributed by atoms with Crippen LogP contribution in [-0.4, -0.2) is 178 Å². The topological polar surface area (TPSA) is 310 Å². The number of tetrazole rings is 3. The Balaban J connectivity index is 0.000000162. The van der Waals surface area contributed by atoms with Crippen molar-refractivity contribution in [2.75, 3.05) is 56.7 Å². The largest absolute Gasteiger partial charge is 0.478 e. The zero-order valence-electron chi connectivity index (χ0n) is 39.0. The summed E-state index contributed by atoms with van der Waals surface area (Å²) in [6.45, 7) is 3.96. The molecule has 74 heavy (non-hydrogen) atoms. The number of carboxylic acid groups (broad SMARTS) is 3. The zero-order valence-corrected chi connectivity index (χ0v) is 41.4.